The largest absolute Gasteiger partial charge is 0.409 e. The van der Waals surface area contributed by atoms with Crippen LogP contribution in [0.1, 0.15) is 47.5 Å². The molecule has 0 aliphatic carbocycles. The van der Waals surface area contributed by atoms with Crippen molar-refractivity contribution in [3.05, 3.63) is 0 Å². The summed E-state index contributed by atoms with van der Waals surface area (Å²) in [6, 6.07) is 0. The van der Waals surface area contributed by atoms with Gasteiger partial charge < -0.3 is 15.8 Å². The monoisotopic (exact) mass is 269 g/mol. The Morgan fingerprint density at radius 1 is 1.42 bits per heavy atom. The highest BCUT2D eigenvalue weighted by molar-refractivity contribution is 6.06. The van der Waals surface area contributed by atoms with Crippen LogP contribution in [0.3, 0.4) is 0 Å². The van der Waals surface area contributed by atoms with E-state index < -0.39 is 5.41 Å². The maximum atomic E-state index is 12.6. The van der Waals surface area contributed by atoms with Crippen molar-refractivity contribution in [2.75, 3.05) is 13.1 Å². The van der Waals surface area contributed by atoms with Gasteiger partial charge in [0.25, 0.3) is 0 Å². The molecule has 0 radical (unpaired) electrons. The van der Waals surface area contributed by atoms with Crippen LogP contribution >= 0.6 is 0 Å². The molecule has 5 nitrogen and oxygen atoms in total. The lowest BCUT2D eigenvalue weighted by molar-refractivity contribution is -0.137. The molecule has 0 bridgehead atoms. The minimum absolute atomic E-state index is 0.000733. The first-order valence-electron chi connectivity index (χ1n) is 6.94. The average Bonchev–Trinajstić information content (AvgIpc) is 2.85. The van der Waals surface area contributed by atoms with E-state index in [0.29, 0.717) is 12.3 Å². The Morgan fingerprint density at radius 3 is 2.37 bits per heavy atom. The molecule has 1 saturated heterocycles. The van der Waals surface area contributed by atoms with Gasteiger partial charge in [-0.15, -0.1) is 0 Å². The van der Waals surface area contributed by atoms with Crippen molar-refractivity contribution in [3.8, 4) is 0 Å². The number of carbonyl (C=O) groups is 1. The molecule has 1 rings (SSSR count). The second kappa shape index (κ2) is 5.39. The number of nitrogens with zero attached hydrogens (tertiary/aromatic N) is 2. The Hall–Kier alpha value is -1.26. The van der Waals surface area contributed by atoms with Crippen LogP contribution in [-0.4, -0.2) is 34.9 Å². The second-order valence-electron chi connectivity index (χ2n) is 6.77. The lowest BCUT2D eigenvalue weighted by Gasteiger charge is -2.32. The molecule has 3 N–H and O–H groups in total. The molecule has 0 aromatic heterocycles. The van der Waals surface area contributed by atoms with Gasteiger partial charge in [0.05, 0.1) is 0 Å². The summed E-state index contributed by atoms with van der Waals surface area (Å²) in [4.78, 5) is 14.5. The summed E-state index contributed by atoms with van der Waals surface area (Å²) in [6.07, 6.45) is 1.55. The number of hydrogen-bond donors (Lipinski definition) is 2. The number of carbonyl (C=O) groups excluding carboxylic acids is 1. The van der Waals surface area contributed by atoms with Crippen molar-refractivity contribution in [1.82, 2.24) is 4.90 Å². The minimum atomic E-state index is -0.901. The van der Waals surface area contributed by atoms with Crippen molar-refractivity contribution < 1.29 is 10.0 Å². The summed E-state index contributed by atoms with van der Waals surface area (Å²) < 4.78 is 0. The molecule has 2 atom stereocenters. The topological polar surface area (TPSA) is 78.9 Å². The molecule has 1 aliphatic heterocycles. The van der Waals surface area contributed by atoms with Crippen molar-refractivity contribution in [1.29, 1.82) is 0 Å². The van der Waals surface area contributed by atoms with Crippen LogP contribution in [0.2, 0.25) is 0 Å². The Kier molecular flexibility index (Phi) is 4.48. The molecular weight excluding hydrogens is 242 g/mol. The molecule has 110 valence electrons. The second-order valence-corrected chi connectivity index (χ2v) is 6.77. The van der Waals surface area contributed by atoms with Crippen molar-refractivity contribution >= 4 is 11.7 Å². The number of oxime groups is 1. The number of amidine groups is 1. The Balaban J connectivity index is 2.85. The standard InChI is InChI=1S/C14H27N3O2/c1-6-14(5,11(15)16-19)12(18)17-8-7-10(9-17)13(2,3)4/h10,19H,6-9H2,1-5H3,(H2,15,16). The van der Waals surface area contributed by atoms with Gasteiger partial charge in [0, 0.05) is 13.1 Å². The van der Waals surface area contributed by atoms with Crippen LogP contribution in [0, 0.1) is 16.7 Å². The molecule has 0 spiro atoms. The number of rotatable bonds is 3. The van der Waals surface area contributed by atoms with Crippen LogP contribution in [0.25, 0.3) is 0 Å². The molecule has 5 heteroatoms. The van der Waals surface area contributed by atoms with Gasteiger partial charge in [0.2, 0.25) is 5.91 Å². The van der Waals surface area contributed by atoms with E-state index >= 15 is 0 Å². The molecule has 0 aromatic rings. The van der Waals surface area contributed by atoms with E-state index in [0.717, 1.165) is 19.5 Å². The highest BCUT2D eigenvalue weighted by Crippen LogP contribution is 2.36. The molecule has 1 aliphatic rings. The fourth-order valence-corrected chi connectivity index (χ4v) is 2.55. The maximum Gasteiger partial charge on any atom is 0.236 e. The first-order valence-corrected chi connectivity index (χ1v) is 6.94. The summed E-state index contributed by atoms with van der Waals surface area (Å²) in [6.45, 7) is 11.8. The van der Waals surface area contributed by atoms with Crippen molar-refractivity contribution in [2.24, 2.45) is 27.6 Å². The van der Waals surface area contributed by atoms with Crippen LogP contribution in [0.4, 0.5) is 0 Å². The van der Waals surface area contributed by atoms with E-state index in [1.807, 2.05) is 11.8 Å². The van der Waals surface area contributed by atoms with E-state index in [1.54, 1.807) is 6.92 Å². The minimum Gasteiger partial charge on any atom is -0.409 e. The summed E-state index contributed by atoms with van der Waals surface area (Å²) >= 11 is 0. The molecule has 1 heterocycles. The Labute approximate surface area is 115 Å². The third-order valence-corrected chi connectivity index (χ3v) is 4.55. The lowest BCUT2D eigenvalue weighted by Crippen LogP contribution is -2.49. The SMILES string of the molecule is CCC(C)(C(=O)N1CCC(C(C)(C)C)C1)C(N)=NO. The zero-order valence-corrected chi connectivity index (χ0v) is 12.7. The highest BCUT2D eigenvalue weighted by atomic mass is 16.4. The molecule has 0 aromatic carbocycles. The van der Waals surface area contributed by atoms with Crippen LogP contribution < -0.4 is 5.73 Å². The Bertz CT molecular complexity index is 373. The van der Waals surface area contributed by atoms with Crippen molar-refractivity contribution in [3.63, 3.8) is 0 Å². The average molecular weight is 269 g/mol. The fourth-order valence-electron chi connectivity index (χ4n) is 2.55. The zero-order valence-electron chi connectivity index (χ0n) is 12.7. The van der Waals surface area contributed by atoms with Gasteiger partial charge in [-0.25, -0.2) is 0 Å². The van der Waals surface area contributed by atoms with Gasteiger partial charge in [-0.05, 0) is 31.1 Å². The summed E-state index contributed by atoms with van der Waals surface area (Å²) in [5, 5.41) is 11.9. The van der Waals surface area contributed by atoms with Gasteiger partial charge >= 0.3 is 0 Å². The summed E-state index contributed by atoms with van der Waals surface area (Å²) in [5.74, 6) is 0.473. The molecule has 19 heavy (non-hydrogen) atoms. The fraction of sp³-hybridized carbons (Fsp3) is 0.857. The van der Waals surface area contributed by atoms with Gasteiger partial charge in [-0.3, -0.25) is 4.79 Å². The third kappa shape index (κ3) is 3.01. The Morgan fingerprint density at radius 2 is 2.00 bits per heavy atom. The van der Waals surface area contributed by atoms with Gasteiger partial charge in [0.1, 0.15) is 5.41 Å². The molecule has 2 unspecified atom stereocenters. The predicted octanol–water partition coefficient (Wildman–Crippen LogP) is 2.04. The first kappa shape index (κ1) is 15.8. The predicted molar refractivity (Wildman–Crippen MR) is 75.9 cm³/mol. The molecular formula is C14H27N3O2. The molecule has 1 fully saturated rings. The normalized spacial score (nSPS) is 24.4. The van der Waals surface area contributed by atoms with Crippen molar-refractivity contribution in [2.45, 2.75) is 47.5 Å². The van der Waals surface area contributed by atoms with E-state index in [4.69, 9.17) is 10.9 Å². The molecule has 0 saturated carbocycles. The third-order valence-electron chi connectivity index (χ3n) is 4.55. The van der Waals surface area contributed by atoms with Crippen LogP contribution in [0.5, 0.6) is 0 Å². The summed E-state index contributed by atoms with van der Waals surface area (Å²) in [7, 11) is 0. The van der Waals surface area contributed by atoms with Gasteiger partial charge in [-0.2, -0.15) is 0 Å². The number of amides is 1. The van der Waals surface area contributed by atoms with E-state index in [9.17, 15) is 4.79 Å². The zero-order chi connectivity index (χ0) is 14.8. The van der Waals surface area contributed by atoms with Gasteiger partial charge in [0.15, 0.2) is 5.84 Å². The molecule has 1 amide bonds. The number of hydrogen-bond acceptors (Lipinski definition) is 3. The van der Waals surface area contributed by atoms with Gasteiger partial charge in [-0.1, -0.05) is 32.9 Å². The maximum absolute atomic E-state index is 12.6. The highest BCUT2D eigenvalue weighted by Gasteiger charge is 2.43. The van der Waals surface area contributed by atoms with E-state index in [-0.39, 0.29) is 17.2 Å². The number of likely N-dealkylation sites (tertiary alicyclic amines) is 1. The summed E-state index contributed by atoms with van der Waals surface area (Å²) in [5.41, 5.74) is 5.00. The first-order chi connectivity index (χ1) is 8.66. The quantitative estimate of drug-likeness (QED) is 0.356. The number of nitrogens with two attached hydrogens (primary N) is 1. The lowest BCUT2D eigenvalue weighted by atomic mass is 9.80. The van der Waals surface area contributed by atoms with Crippen LogP contribution in [-0.2, 0) is 4.79 Å². The van der Waals surface area contributed by atoms with E-state index in [1.165, 1.54) is 0 Å². The smallest absolute Gasteiger partial charge is 0.236 e. The van der Waals surface area contributed by atoms with E-state index in [2.05, 4.69) is 25.9 Å². The van der Waals surface area contributed by atoms with Crippen LogP contribution in [0.15, 0.2) is 5.16 Å².